The zero-order valence-electron chi connectivity index (χ0n) is 23.2. The summed E-state index contributed by atoms with van der Waals surface area (Å²) in [6.45, 7) is 2.97. The molecule has 0 aliphatic heterocycles. The molecule has 0 unspecified atom stereocenters. The van der Waals surface area contributed by atoms with Gasteiger partial charge in [-0.15, -0.1) is 0 Å². The maximum absolute atomic E-state index is 12.6. The van der Waals surface area contributed by atoms with Crippen LogP contribution in [0.15, 0.2) is 97.7 Å². The Hall–Kier alpha value is -5.38. The lowest BCUT2D eigenvalue weighted by atomic mass is 10.1. The summed E-state index contributed by atoms with van der Waals surface area (Å²) in [5.74, 6) is 1.50. The number of urea groups is 1. The van der Waals surface area contributed by atoms with Gasteiger partial charge < -0.3 is 20.7 Å². The number of anilines is 3. The smallest absolute Gasteiger partial charge is 0.323 e. The van der Waals surface area contributed by atoms with Crippen LogP contribution in [-0.4, -0.2) is 28.0 Å². The van der Waals surface area contributed by atoms with Crippen LogP contribution < -0.4 is 29.8 Å². The van der Waals surface area contributed by atoms with Crippen LogP contribution >= 0.6 is 0 Å². The molecule has 0 aliphatic carbocycles. The first-order valence-corrected chi connectivity index (χ1v) is 13.2. The van der Waals surface area contributed by atoms with E-state index in [0.717, 1.165) is 24.2 Å². The first kappa shape index (κ1) is 27.2. The van der Waals surface area contributed by atoms with Crippen molar-refractivity contribution in [2.45, 2.75) is 19.9 Å². The van der Waals surface area contributed by atoms with Crippen molar-refractivity contribution in [3.8, 4) is 22.9 Å². The molecule has 0 saturated carbocycles. The highest BCUT2D eigenvalue weighted by Crippen LogP contribution is 2.31. The predicted molar refractivity (Wildman–Crippen MR) is 157 cm³/mol. The average molecular weight is 549 g/mol. The second-order valence-electron chi connectivity index (χ2n) is 9.44. The van der Waals surface area contributed by atoms with Gasteiger partial charge in [-0.3, -0.25) is 0 Å². The van der Waals surface area contributed by atoms with Gasteiger partial charge in [-0.25, -0.2) is 19.7 Å². The van der Waals surface area contributed by atoms with Crippen LogP contribution in [-0.2, 0) is 20.0 Å². The Labute approximate surface area is 238 Å². The summed E-state index contributed by atoms with van der Waals surface area (Å²) in [6, 6.07) is 20.2. The van der Waals surface area contributed by atoms with Gasteiger partial charge in [-0.2, -0.15) is 9.13 Å². The number of carbonyl (C=O) groups is 1. The molecular weight excluding hydrogens is 516 g/mol. The third kappa shape index (κ3) is 7.18. The molecule has 0 atom stereocenters. The van der Waals surface area contributed by atoms with E-state index < -0.39 is 0 Å². The summed E-state index contributed by atoms with van der Waals surface area (Å²) < 4.78 is 10.3. The van der Waals surface area contributed by atoms with Gasteiger partial charge in [0.05, 0.1) is 11.3 Å². The zero-order chi connectivity index (χ0) is 28.6. The number of carbonyl (C=O) groups excluding carboxylic acids is 1. The van der Waals surface area contributed by atoms with Gasteiger partial charge in [0.1, 0.15) is 12.8 Å². The minimum Gasteiger partial charge on any atom is -0.438 e. The van der Waals surface area contributed by atoms with Crippen LogP contribution in [0.3, 0.4) is 0 Å². The molecular formula is C31H32N8O2+2. The Balaban J connectivity index is 1.15. The van der Waals surface area contributed by atoms with Crippen LogP contribution in [0.4, 0.5) is 22.1 Å². The van der Waals surface area contributed by atoms with E-state index >= 15 is 0 Å². The number of aromatic nitrogens is 5. The van der Waals surface area contributed by atoms with Crippen molar-refractivity contribution >= 4 is 23.4 Å². The van der Waals surface area contributed by atoms with Gasteiger partial charge in [0.2, 0.25) is 36.1 Å². The summed E-state index contributed by atoms with van der Waals surface area (Å²) >= 11 is 0. The molecule has 0 fully saturated rings. The van der Waals surface area contributed by atoms with E-state index in [-0.39, 0.29) is 6.03 Å². The van der Waals surface area contributed by atoms with Gasteiger partial charge in [-0.1, -0.05) is 12.1 Å². The summed E-state index contributed by atoms with van der Waals surface area (Å²) in [4.78, 5) is 25.6. The average Bonchev–Trinajstić information content (AvgIpc) is 3.00. The van der Waals surface area contributed by atoms with Gasteiger partial charge in [0.15, 0.2) is 6.54 Å². The Morgan fingerprint density at radius 1 is 0.902 bits per heavy atom. The van der Waals surface area contributed by atoms with Crippen molar-refractivity contribution < 1.29 is 18.7 Å². The second kappa shape index (κ2) is 12.6. The monoisotopic (exact) mass is 548 g/mol. The first-order valence-electron chi connectivity index (χ1n) is 13.2. The van der Waals surface area contributed by atoms with Crippen molar-refractivity contribution in [2.75, 3.05) is 23.0 Å². The molecule has 41 heavy (non-hydrogen) atoms. The SMILES string of the molecule is CNc1nccc(-c2cccnc2Oc2ccc(NC(=O)Nc3ccc(CC[n+]4cc[n+](C)c(C)c4)cc3)cc2)n1. The van der Waals surface area contributed by atoms with Crippen LogP contribution in [0.25, 0.3) is 11.3 Å². The summed E-state index contributed by atoms with van der Waals surface area (Å²) in [7, 11) is 3.80. The molecule has 0 radical (unpaired) electrons. The Bertz CT molecular complexity index is 1640. The number of nitrogens with one attached hydrogen (secondary N) is 3. The zero-order valence-corrected chi connectivity index (χ0v) is 23.2. The van der Waals surface area contributed by atoms with E-state index in [1.165, 1.54) is 11.3 Å². The maximum Gasteiger partial charge on any atom is 0.323 e. The lowest BCUT2D eigenvalue weighted by molar-refractivity contribution is -0.743. The molecule has 0 spiro atoms. The molecule has 10 heteroatoms. The van der Waals surface area contributed by atoms with E-state index in [2.05, 4.69) is 65.6 Å². The summed E-state index contributed by atoms with van der Waals surface area (Å²) in [6.07, 6.45) is 10.5. The lowest BCUT2D eigenvalue weighted by Crippen LogP contribution is -2.42. The predicted octanol–water partition coefficient (Wildman–Crippen LogP) is 4.68. The second-order valence-corrected chi connectivity index (χ2v) is 9.44. The van der Waals surface area contributed by atoms with Crippen LogP contribution in [0.5, 0.6) is 11.6 Å². The number of aryl methyl sites for hydroxylation is 4. The minimum absolute atomic E-state index is 0.328. The van der Waals surface area contributed by atoms with E-state index in [1.807, 2.05) is 43.4 Å². The molecule has 3 N–H and O–H groups in total. The topological polar surface area (TPSA) is 109 Å². The van der Waals surface area contributed by atoms with Crippen LogP contribution in [0.1, 0.15) is 11.3 Å². The molecule has 3 heterocycles. The number of amides is 2. The van der Waals surface area contributed by atoms with Crippen LogP contribution in [0.2, 0.25) is 0 Å². The Morgan fingerprint density at radius 2 is 1.63 bits per heavy atom. The first-order chi connectivity index (χ1) is 20.0. The fourth-order valence-electron chi connectivity index (χ4n) is 4.14. The molecule has 5 rings (SSSR count). The minimum atomic E-state index is -0.328. The fourth-order valence-corrected chi connectivity index (χ4v) is 4.14. The number of ether oxygens (including phenoxy) is 1. The third-order valence-corrected chi connectivity index (χ3v) is 6.51. The number of pyridine rings is 1. The molecule has 0 aliphatic rings. The van der Waals surface area contributed by atoms with Gasteiger partial charge in [0, 0.05) is 44.2 Å². The van der Waals surface area contributed by atoms with E-state index in [1.54, 1.807) is 49.8 Å². The highest BCUT2D eigenvalue weighted by atomic mass is 16.5. The van der Waals surface area contributed by atoms with E-state index in [0.29, 0.717) is 29.0 Å². The number of rotatable bonds is 9. The Morgan fingerprint density at radius 3 is 2.34 bits per heavy atom. The molecule has 2 aromatic carbocycles. The largest absolute Gasteiger partial charge is 0.438 e. The number of hydrogen-bond donors (Lipinski definition) is 3. The van der Waals surface area contributed by atoms with E-state index in [4.69, 9.17) is 4.74 Å². The molecule has 3 aromatic heterocycles. The lowest BCUT2D eigenvalue weighted by Gasteiger charge is -2.11. The van der Waals surface area contributed by atoms with E-state index in [9.17, 15) is 4.79 Å². The Kier molecular flexibility index (Phi) is 8.39. The van der Waals surface area contributed by atoms with Crippen molar-refractivity contribution in [2.24, 2.45) is 7.05 Å². The third-order valence-electron chi connectivity index (χ3n) is 6.51. The highest BCUT2D eigenvalue weighted by Gasteiger charge is 2.12. The maximum atomic E-state index is 12.6. The molecule has 206 valence electrons. The van der Waals surface area contributed by atoms with Gasteiger partial charge >= 0.3 is 6.03 Å². The van der Waals surface area contributed by atoms with Gasteiger partial charge in [-0.05, 0) is 60.2 Å². The molecule has 0 saturated heterocycles. The summed E-state index contributed by atoms with van der Waals surface area (Å²) in [5, 5.41) is 8.66. The quantitative estimate of drug-likeness (QED) is 0.231. The molecule has 2 amide bonds. The van der Waals surface area contributed by atoms with Crippen LogP contribution in [0, 0.1) is 6.92 Å². The normalized spacial score (nSPS) is 10.6. The number of hydrogen-bond acceptors (Lipinski definition) is 6. The standard InChI is InChI=1S/C31H31N8O2/c1-22-21-39(20-19-38(22)3)18-15-23-6-8-24(9-7-23)35-31(40)36-25-10-12-26(13-11-25)41-29-27(5-4-16-33-29)28-14-17-34-30(32-2)37-28/h4-14,16-17,19-21H,15,18H2,1-3H3,(H2-,32,34,35,36,37,40)/q+1/p+1. The highest BCUT2D eigenvalue weighted by molar-refractivity contribution is 5.99. The van der Waals surface area contributed by atoms with Crippen molar-refractivity contribution in [3.63, 3.8) is 0 Å². The number of nitrogens with zero attached hydrogens (tertiary/aromatic N) is 5. The summed E-state index contributed by atoms with van der Waals surface area (Å²) in [5.41, 5.74) is 5.17. The molecule has 0 bridgehead atoms. The van der Waals surface area contributed by atoms with Crippen molar-refractivity contribution in [3.05, 3.63) is 109 Å². The van der Waals surface area contributed by atoms with Crippen molar-refractivity contribution in [1.29, 1.82) is 0 Å². The van der Waals surface area contributed by atoms with Crippen molar-refractivity contribution in [1.82, 2.24) is 15.0 Å². The number of benzene rings is 2. The fraction of sp³-hybridized carbons (Fsp3) is 0.161. The van der Waals surface area contributed by atoms with Gasteiger partial charge in [0.25, 0.3) is 0 Å². The molecule has 10 nitrogen and oxygen atoms in total. The molecule has 5 aromatic rings.